The predicted octanol–water partition coefficient (Wildman–Crippen LogP) is 1.09. The van der Waals surface area contributed by atoms with Crippen LogP contribution >= 0.6 is 0 Å². The summed E-state index contributed by atoms with van der Waals surface area (Å²) < 4.78 is 4.49. The van der Waals surface area contributed by atoms with Crippen molar-refractivity contribution in [3.8, 4) is 0 Å². The maximum atomic E-state index is 11.6. The summed E-state index contributed by atoms with van der Waals surface area (Å²) in [6.07, 6.45) is 0.258. The first-order valence-corrected chi connectivity index (χ1v) is 5.76. The van der Waals surface area contributed by atoms with E-state index in [1.165, 1.54) is 7.11 Å². The van der Waals surface area contributed by atoms with Crippen LogP contribution in [-0.4, -0.2) is 32.1 Å². The van der Waals surface area contributed by atoms with E-state index in [-0.39, 0.29) is 24.8 Å². The van der Waals surface area contributed by atoms with Crippen LogP contribution in [0.3, 0.4) is 0 Å². The highest BCUT2D eigenvalue weighted by atomic mass is 16.5. The van der Waals surface area contributed by atoms with Crippen LogP contribution in [0.4, 0.5) is 5.69 Å². The Hall–Kier alpha value is -1.88. The van der Waals surface area contributed by atoms with Gasteiger partial charge in [-0.3, -0.25) is 9.59 Å². The van der Waals surface area contributed by atoms with Gasteiger partial charge in [0.1, 0.15) is 0 Å². The number of rotatable bonds is 6. The van der Waals surface area contributed by atoms with Crippen molar-refractivity contribution in [1.29, 1.82) is 0 Å². The van der Waals surface area contributed by atoms with Crippen LogP contribution in [0.1, 0.15) is 12.0 Å². The predicted molar refractivity (Wildman–Crippen MR) is 69.3 cm³/mol. The monoisotopic (exact) mass is 250 g/mol. The Labute approximate surface area is 107 Å². The average Bonchev–Trinajstić information content (AvgIpc) is 2.37. The Morgan fingerprint density at radius 2 is 2.00 bits per heavy atom. The number of benzene rings is 1. The van der Waals surface area contributed by atoms with Crippen molar-refractivity contribution in [2.45, 2.75) is 13.3 Å². The van der Waals surface area contributed by atoms with Gasteiger partial charge < -0.3 is 15.4 Å². The maximum Gasteiger partial charge on any atom is 0.306 e. The zero-order valence-corrected chi connectivity index (χ0v) is 10.7. The number of hydrogen-bond donors (Lipinski definition) is 2. The highest BCUT2D eigenvalue weighted by molar-refractivity contribution is 5.92. The van der Waals surface area contributed by atoms with Crippen LogP contribution in [-0.2, 0) is 14.3 Å². The number of carbonyl (C=O) groups is 2. The zero-order chi connectivity index (χ0) is 13.4. The summed E-state index contributed by atoms with van der Waals surface area (Å²) in [6.45, 7) is 2.53. The first-order chi connectivity index (χ1) is 8.63. The molecule has 18 heavy (non-hydrogen) atoms. The summed E-state index contributed by atoms with van der Waals surface area (Å²) in [5.74, 6) is -0.420. The minimum absolute atomic E-state index is 0.130. The lowest BCUT2D eigenvalue weighted by Crippen LogP contribution is -2.30. The number of hydrogen-bond acceptors (Lipinski definition) is 4. The van der Waals surface area contributed by atoms with Gasteiger partial charge >= 0.3 is 5.97 Å². The molecule has 0 bridgehead atoms. The largest absolute Gasteiger partial charge is 0.469 e. The molecule has 0 saturated carbocycles. The molecule has 1 rings (SSSR count). The smallest absolute Gasteiger partial charge is 0.306 e. The van der Waals surface area contributed by atoms with Crippen LogP contribution in [0.15, 0.2) is 24.3 Å². The van der Waals surface area contributed by atoms with Crippen LogP contribution in [0, 0.1) is 6.92 Å². The van der Waals surface area contributed by atoms with Gasteiger partial charge in [0.25, 0.3) is 0 Å². The summed E-state index contributed by atoms with van der Waals surface area (Å²) in [7, 11) is 1.34. The molecule has 1 amide bonds. The highest BCUT2D eigenvalue weighted by Crippen LogP contribution is 2.12. The molecule has 5 heteroatoms. The summed E-state index contributed by atoms with van der Waals surface area (Å²) in [4.78, 5) is 22.4. The average molecular weight is 250 g/mol. The molecule has 1 aromatic rings. The van der Waals surface area contributed by atoms with E-state index in [0.29, 0.717) is 6.54 Å². The fourth-order valence-electron chi connectivity index (χ4n) is 1.40. The lowest BCUT2D eigenvalue weighted by atomic mass is 10.2. The van der Waals surface area contributed by atoms with Gasteiger partial charge in [0.05, 0.1) is 20.1 Å². The van der Waals surface area contributed by atoms with E-state index in [0.717, 1.165) is 11.3 Å². The zero-order valence-electron chi connectivity index (χ0n) is 10.7. The molecule has 0 unspecified atom stereocenters. The van der Waals surface area contributed by atoms with E-state index in [2.05, 4.69) is 15.4 Å². The summed E-state index contributed by atoms with van der Waals surface area (Å²) in [5, 5.41) is 5.67. The van der Waals surface area contributed by atoms with E-state index in [1.54, 1.807) is 0 Å². The molecule has 98 valence electrons. The molecule has 1 aromatic carbocycles. The number of methoxy groups -OCH3 is 1. The quantitative estimate of drug-likeness (QED) is 0.586. The lowest BCUT2D eigenvalue weighted by molar-refractivity contribution is -0.140. The number of carbonyl (C=O) groups excluding carboxylic acids is 2. The Bertz CT molecular complexity index is 418. The molecular weight excluding hydrogens is 232 g/mol. The van der Waals surface area contributed by atoms with Gasteiger partial charge in [0.2, 0.25) is 5.91 Å². The SMILES string of the molecule is COC(=O)CCNCC(=O)Nc1ccccc1C. The molecule has 5 nitrogen and oxygen atoms in total. The molecule has 0 aliphatic carbocycles. The van der Waals surface area contributed by atoms with E-state index in [9.17, 15) is 9.59 Å². The third-order valence-electron chi connectivity index (χ3n) is 2.44. The molecule has 0 spiro atoms. The third-order valence-corrected chi connectivity index (χ3v) is 2.44. The summed E-state index contributed by atoms with van der Waals surface area (Å²) in [5.41, 5.74) is 1.82. The summed E-state index contributed by atoms with van der Waals surface area (Å²) in [6, 6.07) is 7.56. The van der Waals surface area contributed by atoms with Gasteiger partial charge in [0.15, 0.2) is 0 Å². The van der Waals surface area contributed by atoms with Gasteiger partial charge in [0, 0.05) is 12.2 Å². The van der Waals surface area contributed by atoms with Gasteiger partial charge in [-0.2, -0.15) is 0 Å². The number of nitrogens with one attached hydrogen (secondary N) is 2. The number of anilines is 1. The van der Waals surface area contributed by atoms with Crippen LogP contribution in [0.5, 0.6) is 0 Å². The van der Waals surface area contributed by atoms with E-state index in [4.69, 9.17) is 0 Å². The molecule has 0 atom stereocenters. The van der Waals surface area contributed by atoms with E-state index < -0.39 is 0 Å². The Morgan fingerprint density at radius 3 is 2.67 bits per heavy atom. The van der Waals surface area contributed by atoms with Crippen molar-refractivity contribution in [2.24, 2.45) is 0 Å². The molecule has 0 aliphatic rings. The summed E-state index contributed by atoms with van der Waals surface area (Å²) >= 11 is 0. The van der Waals surface area contributed by atoms with Gasteiger partial charge in [-0.25, -0.2) is 0 Å². The second kappa shape index (κ2) is 7.45. The van der Waals surface area contributed by atoms with Crippen LogP contribution in [0.25, 0.3) is 0 Å². The van der Waals surface area contributed by atoms with Crippen LogP contribution < -0.4 is 10.6 Å². The lowest BCUT2D eigenvalue weighted by Gasteiger charge is -2.08. The molecule has 0 aromatic heterocycles. The minimum Gasteiger partial charge on any atom is -0.469 e. The third kappa shape index (κ3) is 4.97. The second-order valence-corrected chi connectivity index (χ2v) is 3.87. The minimum atomic E-state index is -0.290. The second-order valence-electron chi connectivity index (χ2n) is 3.87. The molecule has 0 aliphatic heterocycles. The van der Waals surface area contributed by atoms with Crippen molar-refractivity contribution in [3.05, 3.63) is 29.8 Å². The fraction of sp³-hybridized carbons (Fsp3) is 0.385. The topological polar surface area (TPSA) is 67.4 Å². The number of amides is 1. The molecule has 0 saturated heterocycles. The number of ether oxygens (including phenoxy) is 1. The standard InChI is InChI=1S/C13H18N2O3/c1-10-5-3-4-6-11(10)15-12(16)9-14-8-7-13(17)18-2/h3-6,14H,7-9H2,1-2H3,(H,15,16). The number of aryl methyl sites for hydroxylation is 1. The van der Waals surface area contributed by atoms with E-state index >= 15 is 0 Å². The molecule has 0 radical (unpaired) electrons. The molecular formula is C13H18N2O3. The number of esters is 1. The van der Waals surface area contributed by atoms with Crippen molar-refractivity contribution in [1.82, 2.24) is 5.32 Å². The molecule has 0 heterocycles. The van der Waals surface area contributed by atoms with Crippen LogP contribution in [0.2, 0.25) is 0 Å². The molecule has 0 fully saturated rings. The Balaban J connectivity index is 2.26. The molecule has 2 N–H and O–H groups in total. The first-order valence-electron chi connectivity index (χ1n) is 5.76. The normalized spacial score (nSPS) is 9.89. The van der Waals surface area contributed by atoms with Gasteiger partial charge in [-0.05, 0) is 18.6 Å². The van der Waals surface area contributed by atoms with E-state index in [1.807, 2.05) is 31.2 Å². The van der Waals surface area contributed by atoms with Gasteiger partial charge in [-0.15, -0.1) is 0 Å². The highest BCUT2D eigenvalue weighted by Gasteiger charge is 2.04. The Kier molecular flexibility index (Phi) is 5.87. The first kappa shape index (κ1) is 14.2. The maximum absolute atomic E-state index is 11.6. The van der Waals surface area contributed by atoms with Crippen molar-refractivity contribution in [2.75, 3.05) is 25.5 Å². The van der Waals surface area contributed by atoms with Crippen molar-refractivity contribution < 1.29 is 14.3 Å². The number of para-hydroxylation sites is 1. The fourth-order valence-corrected chi connectivity index (χ4v) is 1.40. The van der Waals surface area contributed by atoms with Gasteiger partial charge in [-0.1, -0.05) is 18.2 Å². The Morgan fingerprint density at radius 1 is 1.28 bits per heavy atom. The van der Waals surface area contributed by atoms with Crippen molar-refractivity contribution >= 4 is 17.6 Å². The van der Waals surface area contributed by atoms with Crippen molar-refractivity contribution in [3.63, 3.8) is 0 Å².